The molecule has 0 unspecified atom stereocenters. The van der Waals surface area contributed by atoms with E-state index in [1.54, 1.807) is 12.1 Å². The first-order valence-corrected chi connectivity index (χ1v) is 10.1. The summed E-state index contributed by atoms with van der Waals surface area (Å²) in [5.41, 5.74) is 0. The van der Waals surface area contributed by atoms with E-state index in [0.29, 0.717) is 5.76 Å². The molecule has 3 rings (SSSR count). The zero-order valence-electron chi connectivity index (χ0n) is 15.7. The number of esters is 1. The van der Waals surface area contributed by atoms with Crippen molar-refractivity contribution in [2.45, 2.75) is 17.9 Å². The molecule has 2 aromatic carbocycles. The molecule has 0 N–H and O–H groups in total. The molecule has 0 saturated carbocycles. The molecule has 29 heavy (non-hydrogen) atoms. The number of fused-ring (bicyclic) bond motifs is 1. The molecular formula is C22H20N2O4S. The van der Waals surface area contributed by atoms with Crippen LogP contribution in [-0.4, -0.2) is 35.7 Å². The average Bonchev–Trinajstić information content (AvgIpc) is 3.26. The molecule has 6 nitrogen and oxygen atoms in total. The Balaban J connectivity index is 1.48. The van der Waals surface area contributed by atoms with E-state index in [2.05, 4.69) is 0 Å². The number of nitrogens with zero attached hydrogens (tertiary/aromatic N) is 2. The van der Waals surface area contributed by atoms with Crippen molar-refractivity contribution in [2.75, 3.05) is 18.9 Å². The minimum absolute atomic E-state index is 0.113. The van der Waals surface area contributed by atoms with Crippen LogP contribution in [0.5, 0.6) is 0 Å². The zero-order valence-corrected chi connectivity index (χ0v) is 16.6. The van der Waals surface area contributed by atoms with Gasteiger partial charge in [-0.05, 0) is 35.0 Å². The van der Waals surface area contributed by atoms with Gasteiger partial charge in [0, 0.05) is 11.4 Å². The van der Waals surface area contributed by atoms with E-state index in [9.17, 15) is 9.59 Å². The quantitative estimate of drug-likeness (QED) is 0.393. The molecule has 0 atom stereocenters. The average molecular weight is 408 g/mol. The Morgan fingerprint density at radius 3 is 2.69 bits per heavy atom. The first kappa shape index (κ1) is 20.5. The summed E-state index contributed by atoms with van der Waals surface area (Å²) in [6.07, 6.45) is 1.71. The molecule has 1 aromatic heterocycles. The van der Waals surface area contributed by atoms with Gasteiger partial charge < -0.3 is 14.1 Å². The van der Waals surface area contributed by atoms with Crippen LogP contribution >= 0.6 is 11.8 Å². The van der Waals surface area contributed by atoms with Crippen molar-refractivity contribution in [3.63, 3.8) is 0 Å². The third kappa shape index (κ3) is 6.13. The highest BCUT2D eigenvalue weighted by atomic mass is 32.2. The van der Waals surface area contributed by atoms with Crippen molar-refractivity contribution >= 4 is 34.4 Å². The number of thioether (sulfide) groups is 1. The molecule has 7 heteroatoms. The summed E-state index contributed by atoms with van der Waals surface area (Å²) in [6, 6.07) is 19.5. The summed E-state index contributed by atoms with van der Waals surface area (Å²) in [6.45, 7) is 0.125. The van der Waals surface area contributed by atoms with Gasteiger partial charge in [-0.25, -0.2) is 0 Å². The molecule has 1 heterocycles. The van der Waals surface area contributed by atoms with Gasteiger partial charge in [-0.2, -0.15) is 5.26 Å². The standard InChI is InChI=1S/C22H20N2O4S/c23-10-4-11-24(14-19-7-3-12-27-19)21(25)15-28-22(26)16-29-20-9-8-17-5-1-2-6-18(17)13-20/h1-3,5-9,12-13H,4,11,14-16H2. The van der Waals surface area contributed by atoms with Crippen LogP contribution in [0, 0.1) is 11.3 Å². The number of rotatable bonds is 9. The van der Waals surface area contributed by atoms with Gasteiger partial charge in [-0.15, -0.1) is 11.8 Å². The molecule has 0 spiro atoms. The molecule has 0 bridgehead atoms. The van der Waals surface area contributed by atoms with Crippen molar-refractivity contribution in [1.82, 2.24) is 4.90 Å². The first-order valence-electron chi connectivity index (χ1n) is 9.10. The van der Waals surface area contributed by atoms with Gasteiger partial charge in [0.1, 0.15) is 5.76 Å². The maximum absolute atomic E-state index is 12.4. The van der Waals surface area contributed by atoms with Crippen LogP contribution in [0.15, 0.2) is 70.2 Å². The highest BCUT2D eigenvalue weighted by Gasteiger charge is 2.17. The van der Waals surface area contributed by atoms with E-state index >= 15 is 0 Å². The number of ether oxygens (including phenoxy) is 1. The second kappa shape index (κ2) is 10.3. The lowest BCUT2D eigenvalue weighted by atomic mass is 10.1. The Morgan fingerprint density at radius 1 is 1.10 bits per heavy atom. The molecule has 148 valence electrons. The van der Waals surface area contributed by atoms with Gasteiger partial charge >= 0.3 is 5.97 Å². The van der Waals surface area contributed by atoms with Crippen LogP contribution in [-0.2, 0) is 20.9 Å². The van der Waals surface area contributed by atoms with Crippen molar-refractivity contribution in [3.05, 3.63) is 66.6 Å². The topological polar surface area (TPSA) is 83.5 Å². The lowest BCUT2D eigenvalue weighted by molar-refractivity contribution is -0.150. The zero-order chi connectivity index (χ0) is 20.5. The van der Waals surface area contributed by atoms with Gasteiger partial charge in [-0.3, -0.25) is 9.59 Å². The third-order valence-corrected chi connectivity index (χ3v) is 5.17. The van der Waals surface area contributed by atoms with Crippen LogP contribution in [0.25, 0.3) is 10.8 Å². The lowest BCUT2D eigenvalue weighted by Crippen LogP contribution is -2.35. The van der Waals surface area contributed by atoms with Crippen LogP contribution in [0.3, 0.4) is 0 Å². The summed E-state index contributed by atoms with van der Waals surface area (Å²) in [5.74, 6) is -0.105. The van der Waals surface area contributed by atoms with E-state index in [1.165, 1.54) is 22.9 Å². The van der Waals surface area contributed by atoms with Crippen LogP contribution < -0.4 is 0 Å². The minimum Gasteiger partial charge on any atom is -0.467 e. The first-order chi connectivity index (χ1) is 14.2. The smallest absolute Gasteiger partial charge is 0.316 e. The van der Waals surface area contributed by atoms with E-state index in [4.69, 9.17) is 14.4 Å². The monoisotopic (exact) mass is 408 g/mol. The van der Waals surface area contributed by atoms with Crippen molar-refractivity contribution < 1.29 is 18.7 Å². The number of hydrogen-bond donors (Lipinski definition) is 0. The highest BCUT2D eigenvalue weighted by Crippen LogP contribution is 2.23. The van der Waals surface area contributed by atoms with E-state index in [0.717, 1.165) is 15.7 Å². The van der Waals surface area contributed by atoms with Crippen molar-refractivity contribution in [3.8, 4) is 6.07 Å². The number of benzene rings is 2. The summed E-state index contributed by atoms with van der Waals surface area (Å²) in [4.78, 5) is 26.9. The molecule has 1 amide bonds. The van der Waals surface area contributed by atoms with E-state index in [-0.39, 0.29) is 37.8 Å². The summed E-state index contributed by atoms with van der Waals surface area (Å²) in [7, 11) is 0. The van der Waals surface area contributed by atoms with Gasteiger partial charge in [0.2, 0.25) is 0 Å². The maximum atomic E-state index is 12.4. The number of nitriles is 1. The van der Waals surface area contributed by atoms with Gasteiger partial charge in [0.25, 0.3) is 5.91 Å². The molecular weight excluding hydrogens is 388 g/mol. The molecule has 0 aliphatic heterocycles. The SMILES string of the molecule is N#CCCN(Cc1ccco1)C(=O)COC(=O)CSc1ccc2ccccc2c1. The minimum atomic E-state index is -0.463. The Hall–Kier alpha value is -3.24. The largest absolute Gasteiger partial charge is 0.467 e. The number of hydrogen-bond acceptors (Lipinski definition) is 6. The molecule has 0 aliphatic carbocycles. The fraction of sp³-hybridized carbons (Fsp3) is 0.227. The fourth-order valence-electron chi connectivity index (χ4n) is 2.74. The Morgan fingerprint density at radius 2 is 1.93 bits per heavy atom. The summed E-state index contributed by atoms with van der Waals surface area (Å²) < 4.78 is 10.4. The van der Waals surface area contributed by atoms with Crippen LogP contribution in [0.4, 0.5) is 0 Å². The number of carbonyl (C=O) groups excluding carboxylic acids is 2. The predicted molar refractivity (Wildman–Crippen MR) is 110 cm³/mol. The molecule has 3 aromatic rings. The number of amides is 1. The van der Waals surface area contributed by atoms with Gasteiger partial charge in [0.05, 0.1) is 31.1 Å². The molecule has 0 radical (unpaired) electrons. The Labute approximate surface area is 173 Å². The second-order valence-electron chi connectivity index (χ2n) is 6.26. The van der Waals surface area contributed by atoms with Crippen molar-refractivity contribution in [2.24, 2.45) is 0 Å². The molecule has 0 saturated heterocycles. The number of carbonyl (C=O) groups is 2. The summed E-state index contributed by atoms with van der Waals surface area (Å²) >= 11 is 1.36. The van der Waals surface area contributed by atoms with Crippen LogP contribution in [0.2, 0.25) is 0 Å². The Kier molecular flexibility index (Phi) is 7.31. The third-order valence-electron chi connectivity index (χ3n) is 4.21. The van der Waals surface area contributed by atoms with Crippen molar-refractivity contribution in [1.29, 1.82) is 5.26 Å². The number of furan rings is 1. The van der Waals surface area contributed by atoms with Crippen LogP contribution in [0.1, 0.15) is 12.2 Å². The molecule has 0 aliphatic rings. The highest BCUT2D eigenvalue weighted by molar-refractivity contribution is 8.00. The molecule has 0 fully saturated rings. The fourth-order valence-corrected chi connectivity index (χ4v) is 3.48. The van der Waals surface area contributed by atoms with E-state index < -0.39 is 5.97 Å². The van der Waals surface area contributed by atoms with E-state index in [1.807, 2.05) is 48.5 Å². The lowest BCUT2D eigenvalue weighted by Gasteiger charge is -2.20. The normalized spacial score (nSPS) is 10.4. The maximum Gasteiger partial charge on any atom is 0.316 e. The van der Waals surface area contributed by atoms with Gasteiger partial charge in [0.15, 0.2) is 6.61 Å². The van der Waals surface area contributed by atoms with Gasteiger partial charge in [-0.1, -0.05) is 30.3 Å². The summed E-state index contributed by atoms with van der Waals surface area (Å²) in [5, 5.41) is 11.0. The second-order valence-corrected chi connectivity index (χ2v) is 7.31. The predicted octanol–water partition coefficient (Wildman–Crippen LogP) is 4.01. The Bertz CT molecular complexity index is 1010.